The van der Waals surface area contributed by atoms with Crippen LogP contribution in [0.15, 0.2) is 0 Å². The molecule has 8 aliphatic rings. The fraction of sp³-hybridized carbons (Fsp3) is 0.980. The number of ether oxygens (including phenoxy) is 12. The van der Waals surface area contributed by atoms with Crippen LogP contribution in [0.5, 0.6) is 0 Å². The SMILES string of the molecule is COC1CCC(OC2CC(C3OC(C)(O)C(C)CC3C)OC2C2(C)CCC(C3(C)CCC4(CC(O)C(C)C(C(C)C5OC(O)(CC(=O)O)C(C)C(OC6CCC(O)C(C)O6)C5OC)O4)O3)O2)OC1C. The van der Waals surface area contributed by atoms with Gasteiger partial charge in [-0.05, 0) is 79.1 Å². The largest absolute Gasteiger partial charge is 0.481 e. The summed E-state index contributed by atoms with van der Waals surface area (Å²) in [6.07, 6.45) is -2.96. The lowest BCUT2D eigenvalue weighted by Crippen LogP contribution is -2.66. The van der Waals surface area contributed by atoms with Crippen molar-refractivity contribution < 1.29 is 87.2 Å². The number of aliphatic carboxylic acids is 1. The molecule has 5 N–H and O–H groups in total. The van der Waals surface area contributed by atoms with Crippen LogP contribution in [0.2, 0.25) is 0 Å². The minimum atomic E-state index is -2.14. The van der Waals surface area contributed by atoms with Gasteiger partial charge < -0.3 is 82.4 Å². The topological polar surface area (TPSA) is 229 Å². The Morgan fingerprint density at radius 1 is 0.710 bits per heavy atom. The third-order valence-electron chi connectivity index (χ3n) is 18.1. The van der Waals surface area contributed by atoms with Gasteiger partial charge in [-0.1, -0.05) is 34.6 Å². The zero-order chi connectivity index (χ0) is 50.2. The van der Waals surface area contributed by atoms with Gasteiger partial charge in [0.1, 0.15) is 12.2 Å². The summed E-state index contributed by atoms with van der Waals surface area (Å²) in [7, 11) is 3.23. The highest BCUT2D eigenvalue weighted by molar-refractivity contribution is 5.68. The van der Waals surface area contributed by atoms with Crippen LogP contribution in [0, 0.1) is 29.6 Å². The molecule has 8 saturated heterocycles. The van der Waals surface area contributed by atoms with Crippen LogP contribution in [0.4, 0.5) is 0 Å². The van der Waals surface area contributed by atoms with E-state index in [4.69, 9.17) is 56.8 Å². The first-order valence-electron chi connectivity index (χ1n) is 26.1. The van der Waals surface area contributed by atoms with E-state index in [1.807, 2.05) is 27.7 Å². The number of aliphatic hydroxyl groups excluding tert-OH is 2. The van der Waals surface area contributed by atoms with E-state index in [1.165, 1.54) is 7.11 Å². The first kappa shape index (κ1) is 54.1. The van der Waals surface area contributed by atoms with E-state index in [9.17, 15) is 30.3 Å². The summed E-state index contributed by atoms with van der Waals surface area (Å²) < 4.78 is 78.9. The molecule has 398 valence electrons. The number of hydrogen-bond donors (Lipinski definition) is 5. The van der Waals surface area contributed by atoms with Crippen molar-refractivity contribution in [3.8, 4) is 0 Å². The van der Waals surface area contributed by atoms with Crippen LogP contribution < -0.4 is 0 Å². The van der Waals surface area contributed by atoms with Crippen LogP contribution in [-0.2, 0) is 61.6 Å². The number of carboxylic acids is 1. The van der Waals surface area contributed by atoms with Crippen molar-refractivity contribution in [3.05, 3.63) is 0 Å². The number of aliphatic hydroxyl groups is 4. The number of hydrogen-bond acceptors (Lipinski definition) is 17. The minimum Gasteiger partial charge on any atom is -0.481 e. The Labute approximate surface area is 408 Å². The van der Waals surface area contributed by atoms with E-state index in [1.54, 1.807) is 27.9 Å². The molecule has 69 heavy (non-hydrogen) atoms. The molecular weight excluding hydrogens is 901 g/mol. The predicted octanol–water partition coefficient (Wildman–Crippen LogP) is 4.95. The van der Waals surface area contributed by atoms with Crippen LogP contribution in [0.25, 0.3) is 0 Å². The smallest absolute Gasteiger partial charge is 0.308 e. The summed E-state index contributed by atoms with van der Waals surface area (Å²) in [6.45, 7) is 19.3. The highest BCUT2D eigenvalue weighted by Gasteiger charge is 2.64. The van der Waals surface area contributed by atoms with Gasteiger partial charge in [-0.3, -0.25) is 4.79 Å². The normalized spacial score (nSPS) is 54.5. The molecule has 0 aromatic rings. The molecule has 18 nitrogen and oxygen atoms in total. The van der Waals surface area contributed by atoms with E-state index >= 15 is 0 Å². The molecule has 18 heteroatoms. The first-order valence-corrected chi connectivity index (χ1v) is 26.1. The highest BCUT2D eigenvalue weighted by Crippen LogP contribution is 2.55. The summed E-state index contributed by atoms with van der Waals surface area (Å²) in [6, 6.07) is 0. The van der Waals surface area contributed by atoms with Crippen LogP contribution in [0.1, 0.15) is 146 Å². The summed E-state index contributed by atoms with van der Waals surface area (Å²) in [4.78, 5) is 12.2. The second-order valence-electron chi connectivity index (χ2n) is 23.2. The molecule has 8 heterocycles. The zero-order valence-corrected chi connectivity index (χ0v) is 43.2. The second-order valence-corrected chi connectivity index (χ2v) is 23.2. The van der Waals surface area contributed by atoms with Gasteiger partial charge in [-0.25, -0.2) is 0 Å². The Hall–Kier alpha value is -1.17. The summed E-state index contributed by atoms with van der Waals surface area (Å²) >= 11 is 0. The molecule has 8 aliphatic heterocycles. The van der Waals surface area contributed by atoms with Crippen molar-refractivity contribution in [1.29, 1.82) is 0 Å². The van der Waals surface area contributed by atoms with Crippen molar-refractivity contribution in [3.63, 3.8) is 0 Å². The number of carbonyl (C=O) groups is 1. The average Bonchev–Trinajstić information content (AvgIpc) is 3.99. The molecule has 8 rings (SSSR count). The van der Waals surface area contributed by atoms with Gasteiger partial charge in [0.15, 0.2) is 29.9 Å². The van der Waals surface area contributed by atoms with Gasteiger partial charge in [-0.2, -0.15) is 0 Å². The maximum atomic E-state index is 12.2. The highest BCUT2D eigenvalue weighted by atomic mass is 16.7. The first-order chi connectivity index (χ1) is 32.3. The molecule has 0 aromatic carbocycles. The maximum Gasteiger partial charge on any atom is 0.308 e. The van der Waals surface area contributed by atoms with Crippen molar-refractivity contribution in [2.45, 2.75) is 273 Å². The minimum absolute atomic E-state index is 0.0120. The zero-order valence-electron chi connectivity index (χ0n) is 43.2. The summed E-state index contributed by atoms with van der Waals surface area (Å²) in [5.74, 6) is -7.61. The lowest BCUT2D eigenvalue weighted by molar-refractivity contribution is -0.377. The van der Waals surface area contributed by atoms with E-state index in [0.29, 0.717) is 51.4 Å². The maximum absolute atomic E-state index is 12.2. The number of rotatable bonds is 13. The molecule has 0 saturated carbocycles. The monoisotopic (exact) mass is 987 g/mol. The summed E-state index contributed by atoms with van der Waals surface area (Å²) in [5, 5.41) is 55.5. The number of methoxy groups -OCH3 is 2. The van der Waals surface area contributed by atoms with Gasteiger partial charge in [-0.15, -0.1) is 0 Å². The molecule has 26 atom stereocenters. The van der Waals surface area contributed by atoms with E-state index in [0.717, 1.165) is 12.8 Å². The predicted molar refractivity (Wildman–Crippen MR) is 245 cm³/mol. The van der Waals surface area contributed by atoms with Gasteiger partial charge >= 0.3 is 5.97 Å². The van der Waals surface area contributed by atoms with Crippen LogP contribution in [0.3, 0.4) is 0 Å². The Morgan fingerprint density at radius 2 is 1.41 bits per heavy atom. The Balaban J connectivity index is 0.992. The van der Waals surface area contributed by atoms with Crippen molar-refractivity contribution in [2.24, 2.45) is 29.6 Å². The quantitative estimate of drug-likeness (QED) is 0.164. The second kappa shape index (κ2) is 20.5. The Kier molecular flexibility index (Phi) is 16.1. The molecule has 0 aliphatic carbocycles. The molecule has 0 radical (unpaired) electrons. The standard InChI is InChI=1S/C51H86O18/c1-25-21-26(2)49(10,56)66-41(25)35-22-36(62-39-16-14-34(58-11)31(7)61-39)46(63-35)48(9)18-17-37(65-48)47(8)19-20-50(69-47)23-33(53)27(3)42(67-50)28(4)43-45(59-12)44(29(5)51(57,68-43)24-38(54)55)64-40-15-13-32(52)30(6)60-40/h25-37,39-46,52-53,56-57H,13-24H2,1-12H3,(H,54,55). The van der Waals surface area contributed by atoms with Gasteiger partial charge in [0.2, 0.25) is 0 Å². The molecule has 8 fully saturated rings. The third kappa shape index (κ3) is 10.7. The van der Waals surface area contributed by atoms with Gasteiger partial charge in [0.05, 0.1) is 90.9 Å². The Morgan fingerprint density at radius 3 is 2.07 bits per heavy atom. The van der Waals surface area contributed by atoms with E-state index < -0.39 is 120 Å². The third-order valence-corrected chi connectivity index (χ3v) is 18.1. The van der Waals surface area contributed by atoms with Crippen molar-refractivity contribution in [1.82, 2.24) is 0 Å². The van der Waals surface area contributed by atoms with Gasteiger partial charge in [0.25, 0.3) is 0 Å². The lowest BCUT2D eigenvalue weighted by Gasteiger charge is -2.54. The molecule has 26 unspecified atom stereocenters. The van der Waals surface area contributed by atoms with Gasteiger partial charge in [0, 0.05) is 70.0 Å². The van der Waals surface area contributed by atoms with Crippen molar-refractivity contribution >= 4 is 5.97 Å². The van der Waals surface area contributed by atoms with Crippen LogP contribution >= 0.6 is 0 Å². The fourth-order valence-electron chi connectivity index (χ4n) is 13.4. The average molecular weight is 987 g/mol. The van der Waals surface area contributed by atoms with E-state index in [-0.39, 0.29) is 54.9 Å². The molecule has 1 spiro atoms. The number of carboxylic acid groups (broad SMARTS) is 1. The summed E-state index contributed by atoms with van der Waals surface area (Å²) in [5.41, 5.74) is -1.60. The van der Waals surface area contributed by atoms with E-state index in [2.05, 4.69) is 20.8 Å². The molecule has 0 bridgehead atoms. The molecular formula is C51H86O18. The molecule has 0 aromatic heterocycles. The lowest BCUT2D eigenvalue weighted by atomic mass is 9.75. The fourth-order valence-corrected chi connectivity index (χ4v) is 13.4. The van der Waals surface area contributed by atoms with Crippen molar-refractivity contribution in [2.75, 3.05) is 14.2 Å². The van der Waals surface area contributed by atoms with Crippen LogP contribution in [-0.4, -0.2) is 172 Å². The Bertz CT molecular complexity index is 1760. The molecule has 0 amide bonds.